The molecule has 0 aliphatic carbocycles. The Kier molecular flexibility index (Phi) is 6.86. The van der Waals surface area contributed by atoms with Crippen LogP contribution in [0.25, 0.3) is 11.1 Å². The number of nitrogens with zero attached hydrogens (tertiary/aromatic N) is 1. The molecule has 3 rings (SSSR count). The van der Waals surface area contributed by atoms with Crippen LogP contribution < -0.4 is 4.72 Å². The number of nitrogens with one attached hydrogen (secondary N) is 1. The van der Waals surface area contributed by atoms with Gasteiger partial charge in [0.05, 0.1) is 18.8 Å². The molecule has 0 saturated carbocycles. The first-order valence-corrected chi connectivity index (χ1v) is 12.3. The fourth-order valence-corrected chi connectivity index (χ4v) is 4.97. The number of likely N-dealkylation sites (tertiary alicyclic amines) is 1. The Balaban J connectivity index is 2.08. The first-order chi connectivity index (χ1) is 15.5. The summed E-state index contributed by atoms with van der Waals surface area (Å²) in [6, 6.07) is 4.62. The van der Waals surface area contributed by atoms with Crippen LogP contribution in [-0.2, 0) is 21.2 Å². The molecule has 1 aliphatic rings. The highest BCUT2D eigenvalue weighted by atomic mass is 32.2. The van der Waals surface area contributed by atoms with Crippen LogP contribution in [0.1, 0.15) is 25.0 Å². The van der Waals surface area contributed by atoms with E-state index in [4.69, 9.17) is 0 Å². The number of aliphatic hydroxyl groups is 1. The molecular formula is C23H26F4N2O4S. The van der Waals surface area contributed by atoms with E-state index in [9.17, 15) is 31.5 Å². The second-order valence-corrected chi connectivity index (χ2v) is 11.0. The first-order valence-electron chi connectivity index (χ1n) is 10.4. The maximum Gasteiger partial charge on any atom is 0.283 e. The number of sulfonamides is 1. The first kappa shape index (κ1) is 26.1. The van der Waals surface area contributed by atoms with Gasteiger partial charge in [0.1, 0.15) is 23.3 Å². The lowest BCUT2D eigenvalue weighted by molar-refractivity contribution is -0.149. The van der Waals surface area contributed by atoms with E-state index in [1.165, 1.54) is 24.3 Å². The number of hydrogen-bond acceptors (Lipinski definition) is 4. The van der Waals surface area contributed by atoms with Gasteiger partial charge in [0.15, 0.2) is 0 Å². The van der Waals surface area contributed by atoms with E-state index in [0.29, 0.717) is 16.7 Å². The number of alkyl halides is 2. The minimum absolute atomic E-state index is 0.0258. The van der Waals surface area contributed by atoms with Crippen molar-refractivity contribution in [2.24, 2.45) is 0 Å². The topological polar surface area (TPSA) is 86.7 Å². The van der Waals surface area contributed by atoms with Crippen molar-refractivity contribution in [2.75, 3.05) is 12.8 Å². The van der Waals surface area contributed by atoms with Crippen LogP contribution in [0.3, 0.4) is 0 Å². The van der Waals surface area contributed by atoms with Crippen molar-refractivity contribution in [3.05, 3.63) is 59.2 Å². The van der Waals surface area contributed by atoms with Crippen molar-refractivity contribution >= 4 is 15.9 Å². The van der Waals surface area contributed by atoms with Gasteiger partial charge < -0.3 is 10.0 Å². The fourth-order valence-electron chi connectivity index (χ4n) is 4.18. The standard InChI is InChI=1S/C23H26F4N2O4S/c1-13-8-15(10-16(24)9-13)17-7-5-6-14(19(17)25)11-18-20(28-34(4,32)33)23(26,27)12-29(18)21(30)22(2,3)31/h5-10,18,20,28,31H,11-12H2,1-4H3/t18-,20+/m0/s1. The molecule has 1 saturated heterocycles. The highest BCUT2D eigenvalue weighted by molar-refractivity contribution is 7.88. The molecule has 0 bridgehead atoms. The second-order valence-electron chi connectivity index (χ2n) is 9.19. The van der Waals surface area contributed by atoms with Crippen molar-refractivity contribution < 1.29 is 35.9 Å². The van der Waals surface area contributed by atoms with Gasteiger partial charge in [-0.25, -0.2) is 30.7 Å². The van der Waals surface area contributed by atoms with Crippen molar-refractivity contribution in [2.45, 2.75) is 50.8 Å². The van der Waals surface area contributed by atoms with Gasteiger partial charge in [-0.2, -0.15) is 0 Å². The smallest absolute Gasteiger partial charge is 0.283 e. The number of benzene rings is 2. The van der Waals surface area contributed by atoms with Crippen molar-refractivity contribution in [3.63, 3.8) is 0 Å². The summed E-state index contributed by atoms with van der Waals surface area (Å²) in [4.78, 5) is 13.4. The van der Waals surface area contributed by atoms with Gasteiger partial charge in [-0.15, -0.1) is 0 Å². The third-order valence-electron chi connectivity index (χ3n) is 5.61. The highest BCUT2D eigenvalue weighted by Crippen LogP contribution is 2.37. The lowest BCUT2D eigenvalue weighted by Gasteiger charge is -2.31. The fraction of sp³-hybridized carbons (Fsp3) is 0.435. The van der Waals surface area contributed by atoms with Crippen LogP contribution in [0.15, 0.2) is 36.4 Å². The lowest BCUT2D eigenvalue weighted by Crippen LogP contribution is -2.54. The Morgan fingerprint density at radius 1 is 1.24 bits per heavy atom. The van der Waals surface area contributed by atoms with Crippen LogP contribution in [0.5, 0.6) is 0 Å². The number of hydrogen-bond donors (Lipinski definition) is 2. The summed E-state index contributed by atoms with van der Waals surface area (Å²) in [7, 11) is -4.13. The Labute approximate surface area is 195 Å². The van der Waals surface area contributed by atoms with Crippen LogP contribution in [-0.4, -0.2) is 60.7 Å². The molecule has 11 heteroatoms. The lowest BCUT2D eigenvalue weighted by atomic mass is 9.94. The monoisotopic (exact) mass is 502 g/mol. The maximum atomic E-state index is 15.5. The Morgan fingerprint density at radius 3 is 2.44 bits per heavy atom. The van der Waals surface area contributed by atoms with Crippen molar-refractivity contribution in [3.8, 4) is 11.1 Å². The van der Waals surface area contributed by atoms with Gasteiger partial charge in [0, 0.05) is 5.56 Å². The van der Waals surface area contributed by atoms with Crippen LogP contribution >= 0.6 is 0 Å². The van der Waals surface area contributed by atoms with Gasteiger partial charge >= 0.3 is 0 Å². The molecular weight excluding hydrogens is 476 g/mol. The maximum absolute atomic E-state index is 15.5. The Morgan fingerprint density at radius 2 is 1.88 bits per heavy atom. The molecule has 0 aromatic heterocycles. The molecule has 1 amide bonds. The number of rotatable bonds is 6. The molecule has 1 heterocycles. The summed E-state index contributed by atoms with van der Waals surface area (Å²) in [5.74, 6) is -6.11. The van der Waals surface area contributed by atoms with Crippen molar-refractivity contribution in [1.82, 2.24) is 9.62 Å². The summed E-state index contributed by atoms with van der Waals surface area (Å²) in [6.45, 7) is 2.72. The van der Waals surface area contributed by atoms with E-state index in [-0.39, 0.29) is 16.7 Å². The molecule has 0 radical (unpaired) electrons. The summed E-state index contributed by atoms with van der Waals surface area (Å²) in [5, 5.41) is 10.1. The van der Waals surface area contributed by atoms with E-state index in [1.54, 1.807) is 13.0 Å². The highest BCUT2D eigenvalue weighted by Gasteiger charge is 2.58. The van der Waals surface area contributed by atoms with Gasteiger partial charge in [-0.05, 0) is 56.0 Å². The zero-order chi connectivity index (χ0) is 25.6. The van der Waals surface area contributed by atoms with E-state index in [2.05, 4.69) is 0 Å². The third-order valence-corrected chi connectivity index (χ3v) is 6.29. The molecule has 0 unspecified atom stereocenters. The van der Waals surface area contributed by atoms with Crippen LogP contribution in [0.4, 0.5) is 17.6 Å². The van der Waals surface area contributed by atoms with Crippen LogP contribution in [0, 0.1) is 18.6 Å². The molecule has 2 aromatic rings. The molecule has 2 N–H and O–H groups in total. The van der Waals surface area contributed by atoms with Crippen molar-refractivity contribution in [1.29, 1.82) is 0 Å². The second kappa shape index (κ2) is 8.94. The number of carbonyl (C=O) groups is 1. The van der Waals surface area contributed by atoms with Gasteiger partial charge in [-0.1, -0.05) is 24.3 Å². The predicted octanol–water partition coefficient (Wildman–Crippen LogP) is 3.02. The third kappa shape index (κ3) is 5.59. The molecule has 6 nitrogen and oxygen atoms in total. The molecule has 186 valence electrons. The minimum Gasteiger partial charge on any atom is -0.381 e. The average Bonchev–Trinajstić information content (AvgIpc) is 2.90. The predicted molar refractivity (Wildman–Crippen MR) is 119 cm³/mol. The molecule has 2 aromatic carbocycles. The molecule has 2 atom stereocenters. The zero-order valence-corrected chi connectivity index (χ0v) is 19.9. The van der Waals surface area contributed by atoms with Gasteiger partial charge in [0.2, 0.25) is 10.0 Å². The largest absolute Gasteiger partial charge is 0.381 e. The van der Waals surface area contributed by atoms with Gasteiger partial charge in [0.25, 0.3) is 11.8 Å². The summed E-state index contributed by atoms with van der Waals surface area (Å²) < 4.78 is 84.6. The molecule has 1 aliphatic heterocycles. The van der Waals surface area contributed by atoms with E-state index in [1.807, 2.05) is 4.72 Å². The number of carbonyl (C=O) groups excluding carboxylic acids is 1. The Bertz CT molecular complexity index is 1190. The van der Waals surface area contributed by atoms with E-state index >= 15 is 4.39 Å². The molecule has 34 heavy (non-hydrogen) atoms. The normalized spacial score (nSPS) is 20.6. The quantitative estimate of drug-likeness (QED) is 0.595. The molecule has 0 spiro atoms. The van der Waals surface area contributed by atoms with Gasteiger partial charge in [-0.3, -0.25) is 4.79 Å². The number of aryl methyl sites for hydroxylation is 1. The summed E-state index contributed by atoms with van der Waals surface area (Å²) in [6.07, 6.45) is 0.229. The minimum atomic E-state index is -4.13. The summed E-state index contributed by atoms with van der Waals surface area (Å²) >= 11 is 0. The number of halogens is 4. The SMILES string of the molecule is Cc1cc(F)cc(-c2cccc(C[C@H]3[C@@H](NS(C)(=O)=O)C(F)(F)CN3C(=O)C(C)(C)O)c2F)c1. The van der Waals surface area contributed by atoms with E-state index < -0.39 is 64.1 Å². The summed E-state index contributed by atoms with van der Waals surface area (Å²) in [5.41, 5.74) is -1.28. The van der Waals surface area contributed by atoms with E-state index in [0.717, 1.165) is 19.9 Å². The number of amides is 1. The average molecular weight is 503 g/mol. The van der Waals surface area contributed by atoms with Crippen LogP contribution in [0.2, 0.25) is 0 Å². The molecule has 1 fully saturated rings. The Hall–Kier alpha value is -2.50. The zero-order valence-electron chi connectivity index (χ0n) is 19.1.